The van der Waals surface area contributed by atoms with Crippen molar-refractivity contribution in [1.29, 1.82) is 0 Å². The summed E-state index contributed by atoms with van der Waals surface area (Å²) in [7, 11) is -2.65. The fourth-order valence-corrected chi connectivity index (χ4v) is 3.87. The van der Waals surface area contributed by atoms with E-state index in [1.54, 1.807) is 0 Å². The third-order valence-electron chi connectivity index (χ3n) is 2.46. The summed E-state index contributed by atoms with van der Waals surface area (Å²) in [6.07, 6.45) is 1.65. The van der Waals surface area contributed by atoms with Gasteiger partial charge in [0.1, 0.15) is 0 Å². The third-order valence-corrected chi connectivity index (χ3v) is 4.73. The molecule has 94 valence electrons. The van der Waals surface area contributed by atoms with E-state index in [1.165, 1.54) is 4.31 Å². The average molecular weight is 315 g/mol. The van der Waals surface area contributed by atoms with Crippen molar-refractivity contribution in [1.82, 2.24) is 9.03 Å². The van der Waals surface area contributed by atoms with Crippen LogP contribution in [-0.2, 0) is 14.9 Å². The van der Waals surface area contributed by atoms with E-state index in [2.05, 4.69) is 20.7 Å². The number of hydrogen-bond acceptors (Lipinski definition) is 4. The van der Waals surface area contributed by atoms with Crippen molar-refractivity contribution in [2.24, 2.45) is 0 Å². The number of carbonyl (C=O) groups excluding carboxylic acids is 1. The zero-order valence-electron chi connectivity index (χ0n) is 8.98. The van der Waals surface area contributed by atoms with Gasteiger partial charge in [0.2, 0.25) is 0 Å². The van der Waals surface area contributed by atoms with Gasteiger partial charge in [0.05, 0.1) is 7.11 Å². The number of nitrogens with one attached hydrogen (secondary N) is 1. The number of halogens is 1. The fraction of sp³-hybridized carbons (Fsp3) is 0.875. The first-order valence-corrected chi connectivity index (χ1v) is 7.51. The molecule has 16 heavy (non-hydrogen) atoms. The van der Waals surface area contributed by atoms with Gasteiger partial charge in [0, 0.05) is 17.9 Å². The lowest BCUT2D eigenvalue weighted by molar-refractivity contribution is 0.176. The molecule has 0 aliphatic carbocycles. The van der Waals surface area contributed by atoms with E-state index in [-0.39, 0.29) is 6.04 Å². The maximum atomic E-state index is 11.8. The number of ether oxygens (including phenoxy) is 1. The summed E-state index contributed by atoms with van der Waals surface area (Å²) in [5, 5.41) is 0.565. The van der Waals surface area contributed by atoms with Gasteiger partial charge in [-0.05, 0) is 12.8 Å². The lowest BCUT2D eigenvalue weighted by atomic mass is 10.1. The van der Waals surface area contributed by atoms with Crippen molar-refractivity contribution in [3.8, 4) is 0 Å². The summed E-state index contributed by atoms with van der Waals surface area (Å²) in [5.74, 6) is 0. The minimum atomic E-state index is -3.78. The van der Waals surface area contributed by atoms with Gasteiger partial charge in [0.25, 0.3) is 0 Å². The number of alkyl halides is 1. The van der Waals surface area contributed by atoms with Crippen LogP contribution in [0.5, 0.6) is 0 Å². The molecule has 0 aromatic heterocycles. The molecule has 0 radical (unpaired) electrons. The molecule has 1 aliphatic heterocycles. The van der Waals surface area contributed by atoms with Crippen LogP contribution in [0, 0.1) is 0 Å². The second-order valence-corrected chi connectivity index (χ2v) is 5.78. The number of piperidine rings is 1. The van der Waals surface area contributed by atoms with E-state index >= 15 is 0 Å². The van der Waals surface area contributed by atoms with Crippen LogP contribution < -0.4 is 4.72 Å². The first kappa shape index (κ1) is 13.7. The lowest BCUT2D eigenvalue weighted by Crippen LogP contribution is -2.51. The summed E-state index contributed by atoms with van der Waals surface area (Å²) in [4.78, 5) is 10.9. The molecule has 1 N–H and O–H groups in total. The highest BCUT2D eigenvalue weighted by molar-refractivity contribution is 9.09. The van der Waals surface area contributed by atoms with Crippen molar-refractivity contribution in [2.75, 3.05) is 19.0 Å². The minimum absolute atomic E-state index is 0.101. The van der Waals surface area contributed by atoms with E-state index in [4.69, 9.17) is 0 Å². The number of hydrogen-bond donors (Lipinski definition) is 1. The van der Waals surface area contributed by atoms with Crippen molar-refractivity contribution in [3.63, 3.8) is 0 Å². The lowest BCUT2D eigenvalue weighted by Gasteiger charge is -2.32. The minimum Gasteiger partial charge on any atom is -0.452 e. The molecule has 0 saturated carbocycles. The molecule has 6 nitrogen and oxygen atoms in total. The molecule has 1 unspecified atom stereocenters. The second kappa shape index (κ2) is 5.83. The van der Waals surface area contributed by atoms with E-state index in [9.17, 15) is 13.2 Å². The molecule has 0 spiro atoms. The second-order valence-electron chi connectivity index (χ2n) is 3.51. The molecule has 1 rings (SSSR count). The molecule has 0 bridgehead atoms. The van der Waals surface area contributed by atoms with Crippen LogP contribution in [0.4, 0.5) is 4.79 Å². The van der Waals surface area contributed by atoms with Crippen LogP contribution in [-0.4, -0.2) is 43.8 Å². The molecule has 0 aromatic carbocycles. The van der Waals surface area contributed by atoms with Gasteiger partial charge in [-0.2, -0.15) is 12.7 Å². The number of amides is 1. The van der Waals surface area contributed by atoms with Crippen molar-refractivity contribution in [2.45, 2.75) is 25.3 Å². The Morgan fingerprint density at radius 3 is 2.81 bits per heavy atom. The maximum Gasteiger partial charge on any atom is 0.421 e. The quantitative estimate of drug-likeness (QED) is 0.783. The fourth-order valence-electron chi connectivity index (χ4n) is 1.65. The van der Waals surface area contributed by atoms with Crippen molar-refractivity contribution >= 4 is 32.2 Å². The van der Waals surface area contributed by atoms with Crippen LogP contribution in [0.15, 0.2) is 0 Å². The Kier molecular flexibility index (Phi) is 5.00. The molecule has 1 saturated heterocycles. The predicted molar refractivity (Wildman–Crippen MR) is 62.6 cm³/mol. The zero-order chi connectivity index (χ0) is 12.2. The molecule has 1 atom stereocenters. The SMILES string of the molecule is COC(=O)NS(=O)(=O)N1CCCCC1CBr. The molecular weight excluding hydrogens is 300 g/mol. The normalized spacial score (nSPS) is 22.8. The molecule has 1 fully saturated rings. The molecule has 8 heteroatoms. The van der Waals surface area contributed by atoms with Gasteiger partial charge in [-0.1, -0.05) is 22.4 Å². The smallest absolute Gasteiger partial charge is 0.421 e. The number of carbonyl (C=O) groups is 1. The Morgan fingerprint density at radius 1 is 1.56 bits per heavy atom. The van der Waals surface area contributed by atoms with E-state index < -0.39 is 16.3 Å². The van der Waals surface area contributed by atoms with Gasteiger partial charge in [-0.3, -0.25) is 0 Å². The molecule has 1 amide bonds. The summed E-state index contributed by atoms with van der Waals surface area (Å²) < 4.78 is 31.1. The first-order chi connectivity index (χ1) is 7.51. The molecule has 1 aliphatic rings. The first-order valence-electron chi connectivity index (χ1n) is 4.94. The van der Waals surface area contributed by atoms with Crippen LogP contribution in [0.25, 0.3) is 0 Å². The molecule has 1 heterocycles. The highest BCUT2D eigenvalue weighted by Gasteiger charge is 2.32. The third kappa shape index (κ3) is 3.33. The highest BCUT2D eigenvalue weighted by Crippen LogP contribution is 2.21. The van der Waals surface area contributed by atoms with Crippen molar-refractivity contribution in [3.05, 3.63) is 0 Å². The average Bonchev–Trinajstić information content (AvgIpc) is 2.28. The van der Waals surface area contributed by atoms with Gasteiger partial charge < -0.3 is 4.74 Å². The van der Waals surface area contributed by atoms with Crippen LogP contribution in [0.1, 0.15) is 19.3 Å². The number of nitrogens with zero attached hydrogens (tertiary/aromatic N) is 1. The number of rotatable bonds is 3. The standard InChI is InChI=1S/C8H15BrN2O4S/c1-15-8(12)10-16(13,14)11-5-3-2-4-7(11)6-9/h7H,2-6H2,1H3,(H,10,12). The van der Waals surface area contributed by atoms with Gasteiger partial charge in [-0.25, -0.2) is 9.52 Å². The summed E-state index contributed by atoms with van der Waals surface area (Å²) in [6.45, 7) is 0.433. The van der Waals surface area contributed by atoms with Gasteiger partial charge >= 0.3 is 16.3 Å². The van der Waals surface area contributed by atoms with E-state index in [1.807, 2.05) is 4.72 Å². The summed E-state index contributed by atoms with van der Waals surface area (Å²) >= 11 is 3.28. The van der Waals surface area contributed by atoms with Crippen LogP contribution >= 0.6 is 15.9 Å². The van der Waals surface area contributed by atoms with Gasteiger partial charge in [-0.15, -0.1) is 0 Å². The molecule has 0 aromatic rings. The summed E-state index contributed by atoms with van der Waals surface area (Å²) in [5.41, 5.74) is 0. The largest absolute Gasteiger partial charge is 0.452 e. The van der Waals surface area contributed by atoms with Crippen LogP contribution in [0.2, 0.25) is 0 Å². The van der Waals surface area contributed by atoms with E-state index in [0.717, 1.165) is 26.4 Å². The summed E-state index contributed by atoms with van der Waals surface area (Å²) in [6, 6.07) is -0.101. The Balaban J connectivity index is 2.76. The maximum absolute atomic E-state index is 11.8. The molecular formula is C8H15BrN2O4S. The Morgan fingerprint density at radius 2 is 2.25 bits per heavy atom. The number of methoxy groups -OCH3 is 1. The Hall–Kier alpha value is -0.340. The monoisotopic (exact) mass is 314 g/mol. The Labute approximate surface area is 104 Å². The zero-order valence-corrected chi connectivity index (χ0v) is 11.4. The Bertz CT molecular complexity index is 346. The van der Waals surface area contributed by atoms with E-state index in [0.29, 0.717) is 11.9 Å². The van der Waals surface area contributed by atoms with Crippen molar-refractivity contribution < 1.29 is 17.9 Å². The highest BCUT2D eigenvalue weighted by atomic mass is 79.9. The van der Waals surface area contributed by atoms with Crippen LogP contribution in [0.3, 0.4) is 0 Å². The predicted octanol–water partition coefficient (Wildman–Crippen LogP) is 0.837. The van der Waals surface area contributed by atoms with Gasteiger partial charge in [0.15, 0.2) is 0 Å². The topological polar surface area (TPSA) is 75.7 Å².